The first kappa shape index (κ1) is 18.9. The van der Waals surface area contributed by atoms with Crippen LogP contribution in [0.5, 0.6) is 0 Å². The van der Waals surface area contributed by atoms with E-state index in [1.54, 1.807) is 6.07 Å². The fourth-order valence-corrected chi connectivity index (χ4v) is 3.97. The molecule has 0 radical (unpaired) electrons. The predicted molar refractivity (Wildman–Crippen MR) is 89.7 cm³/mol. The van der Waals surface area contributed by atoms with Crippen molar-refractivity contribution in [2.75, 3.05) is 25.1 Å². The van der Waals surface area contributed by atoms with Crippen LogP contribution in [-0.4, -0.2) is 33.5 Å². The lowest BCUT2D eigenvalue weighted by Crippen LogP contribution is -2.27. The van der Waals surface area contributed by atoms with E-state index < -0.39 is 15.8 Å². The first-order valence-electron chi connectivity index (χ1n) is 6.59. The highest BCUT2D eigenvalue weighted by Gasteiger charge is 2.21. The fraction of sp³-hybridized carbons (Fsp3) is 0.538. The van der Waals surface area contributed by atoms with Crippen molar-refractivity contribution in [3.8, 4) is 0 Å². The van der Waals surface area contributed by atoms with Gasteiger partial charge < -0.3 is 5.32 Å². The zero-order valence-electron chi connectivity index (χ0n) is 12.1. The van der Waals surface area contributed by atoms with Gasteiger partial charge in [-0.05, 0) is 31.4 Å². The van der Waals surface area contributed by atoms with E-state index in [4.69, 9.17) is 0 Å². The third-order valence-corrected chi connectivity index (χ3v) is 5.24. The van der Waals surface area contributed by atoms with Crippen LogP contribution in [0.15, 0.2) is 21.5 Å². The van der Waals surface area contributed by atoms with Crippen molar-refractivity contribution < 1.29 is 12.8 Å². The van der Waals surface area contributed by atoms with Crippen LogP contribution < -0.4 is 10.0 Å². The summed E-state index contributed by atoms with van der Waals surface area (Å²) in [6.45, 7) is 3.33. The molecule has 0 saturated carbocycles. The molecule has 1 rings (SSSR count). The van der Waals surface area contributed by atoms with Crippen LogP contribution >= 0.6 is 27.7 Å². The van der Waals surface area contributed by atoms with Crippen LogP contribution in [0.4, 0.5) is 4.39 Å². The summed E-state index contributed by atoms with van der Waals surface area (Å²) in [5.41, 5.74) is 0.336. The third kappa shape index (κ3) is 5.86. The van der Waals surface area contributed by atoms with Crippen molar-refractivity contribution in [2.45, 2.75) is 24.8 Å². The quantitative estimate of drug-likeness (QED) is 0.627. The van der Waals surface area contributed by atoms with Gasteiger partial charge in [0.1, 0.15) is 10.7 Å². The average molecular weight is 399 g/mol. The van der Waals surface area contributed by atoms with Gasteiger partial charge >= 0.3 is 0 Å². The number of nitrogens with one attached hydrogen (secondary N) is 2. The summed E-state index contributed by atoms with van der Waals surface area (Å²) < 4.78 is 41.7. The zero-order valence-corrected chi connectivity index (χ0v) is 15.3. The zero-order chi connectivity index (χ0) is 15.9. The summed E-state index contributed by atoms with van der Waals surface area (Å²) in [5, 5.41) is 3.07. The van der Waals surface area contributed by atoms with Crippen LogP contribution in [0, 0.1) is 5.82 Å². The van der Waals surface area contributed by atoms with E-state index in [0.717, 1.165) is 13.0 Å². The number of benzene rings is 1. The molecular formula is C13H20BrFN2O2S2. The van der Waals surface area contributed by atoms with Gasteiger partial charge in [0.15, 0.2) is 0 Å². The molecule has 0 aliphatic rings. The van der Waals surface area contributed by atoms with Gasteiger partial charge in [0, 0.05) is 28.9 Å². The Kier molecular flexibility index (Phi) is 8.18. The number of thioether (sulfide) groups is 1. The first-order valence-corrected chi connectivity index (χ1v) is 10.3. The number of halogens is 2. The molecule has 0 unspecified atom stereocenters. The minimum atomic E-state index is -3.83. The second-order valence-electron chi connectivity index (χ2n) is 4.44. The maximum atomic E-state index is 14.4. The molecule has 1 aromatic carbocycles. The molecule has 21 heavy (non-hydrogen) atoms. The molecule has 0 amide bonds. The maximum absolute atomic E-state index is 14.4. The van der Waals surface area contributed by atoms with Crippen LogP contribution in [0.25, 0.3) is 0 Å². The Balaban J connectivity index is 3.01. The van der Waals surface area contributed by atoms with Crippen LogP contribution in [0.3, 0.4) is 0 Å². The summed E-state index contributed by atoms with van der Waals surface area (Å²) in [6.07, 6.45) is 2.81. The normalized spacial score (nSPS) is 11.8. The van der Waals surface area contributed by atoms with Gasteiger partial charge in [-0.2, -0.15) is 11.8 Å². The van der Waals surface area contributed by atoms with Crippen molar-refractivity contribution in [1.29, 1.82) is 0 Å². The smallest absolute Gasteiger partial charge is 0.243 e. The van der Waals surface area contributed by atoms with Gasteiger partial charge in [-0.15, -0.1) is 0 Å². The SMILES string of the molecule is CCCNCc1cc(Br)cc(S(=O)(=O)NCCSC)c1F. The molecule has 0 aromatic heterocycles. The topological polar surface area (TPSA) is 58.2 Å². The maximum Gasteiger partial charge on any atom is 0.243 e. The van der Waals surface area contributed by atoms with Crippen LogP contribution in [0.2, 0.25) is 0 Å². The molecule has 0 atom stereocenters. The number of hydrogen-bond acceptors (Lipinski definition) is 4. The Bertz CT molecular complexity index is 568. The minimum Gasteiger partial charge on any atom is -0.313 e. The summed E-state index contributed by atoms with van der Waals surface area (Å²) in [4.78, 5) is -0.314. The Morgan fingerprint density at radius 3 is 2.67 bits per heavy atom. The Labute approximate surface area is 138 Å². The van der Waals surface area contributed by atoms with Crippen molar-refractivity contribution in [1.82, 2.24) is 10.0 Å². The highest BCUT2D eigenvalue weighted by molar-refractivity contribution is 9.10. The minimum absolute atomic E-state index is 0.277. The Hall–Kier alpha value is -0.150. The lowest BCUT2D eigenvalue weighted by molar-refractivity contribution is 0.542. The molecule has 4 nitrogen and oxygen atoms in total. The van der Waals surface area contributed by atoms with E-state index in [-0.39, 0.29) is 11.4 Å². The van der Waals surface area contributed by atoms with Gasteiger partial charge in [-0.25, -0.2) is 17.5 Å². The van der Waals surface area contributed by atoms with E-state index in [0.29, 0.717) is 22.3 Å². The summed E-state index contributed by atoms with van der Waals surface area (Å²) in [6, 6.07) is 2.89. The molecule has 0 aliphatic heterocycles. The standard InChI is InChI=1S/C13H20BrFN2O2S2/c1-3-4-16-9-10-7-11(14)8-12(13(10)15)21(18,19)17-5-6-20-2/h7-8,16-17H,3-6,9H2,1-2H3. The molecule has 120 valence electrons. The van der Waals surface area contributed by atoms with Gasteiger partial charge in [0.2, 0.25) is 10.0 Å². The highest BCUT2D eigenvalue weighted by atomic mass is 79.9. The van der Waals surface area contributed by atoms with Crippen molar-refractivity contribution in [3.05, 3.63) is 28.0 Å². The van der Waals surface area contributed by atoms with Crippen LogP contribution in [0.1, 0.15) is 18.9 Å². The summed E-state index contributed by atoms with van der Waals surface area (Å²) >= 11 is 4.76. The average Bonchev–Trinajstić information content (AvgIpc) is 2.42. The summed E-state index contributed by atoms with van der Waals surface area (Å²) in [7, 11) is -3.83. The van der Waals surface area contributed by atoms with Gasteiger partial charge in [-0.3, -0.25) is 0 Å². The summed E-state index contributed by atoms with van der Waals surface area (Å²) in [5.74, 6) is -0.0572. The molecular weight excluding hydrogens is 379 g/mol. The molecule has 0 spiro atoms. The second-order valence-corrected chi connectivity index (χ2v) is 8.08. The molecule has 0 heterocycles. The highest BCUT2D eigenvalue weighted by Crippen LogP contribution is 2.24. The van der Waals surface area contributed by atoms with Crippen LogP contribution in [-0.2, 0) is 16.6 Å². The van der Waals surface area contributed by atoms with Gasteiger partial charge in [-0.1, -0.05) is 22.9 Å². The second kappa shape index (κ2) is 9.09. The molecule has 0 bridgehead atoms. The van der Waals surface area contributed by atoms with Gasteiger partial charge in [0.25, 0.3) is 0 Å². The number of rotatable bonds is 9. The number of hydrogen-bond donors (Lipinski definition) is 2. The van der Waals surface area contributed by atoms with E-state index in [1.165, 1.54) is 17.8 Å². The van der Waals surface area contributed by atoms with E-state index in [1.807, 2.05) is 13.2 Å². The third-order valence-electron chi connectivity index (χ3n) is 2.71. The molecule has 1 aromatic rings. The largest absolute Gasteiger partial charge is 0.313 e. The molecule has 0 fully saturated rings. The Morgan fingerprint density at radius 2 is 2.05 bits per heavy atom. The molecule has 0 aliphatic carbocycles. The molecule has 0 saturated heterocycles. The first-order chi connectivity index (χ1) is 9.92. The lowest BCUT2D eigenvalue weighted by Gasteiger charge is -2.12. The predicted octanol–water partition coefficient (Wildman–Crippen LogP) is 2.73. The van der Waals surface area contributed by atoms with Crippen molar-refractivity contribution >= 4 is 37.7 Å². The molecule has 2 N–H and O–H groups in total. The van der Waals surface area contributed by atoms with Crippen molar-refractivity contribution in [2.24, 2.45) is 0 Å². The van der Waals surface area contributed by atoms with E-state index in [2.05, 4.69) is 26.0 Å². The monoisotopic (exact) mass is 398 g/mol. The van der Waals surface area contributed by atoms with E-state index >= 15 is 0 Å². The van der Waals surface area contributed by atoms with Crippen molar-refractivity contribution in [3.63, 3.8) is 0 Å². The lowest BCUT2D eigenvalue weighted by atomic mass is 10.2. The van der Waals surface area contributed by atoms with E-state index in [9.17, 15) is 12.8 Å². The Morgan fingerprint density at radius 1 is 1.33 bits per heavy atom. The number of sulfonamides is 1. The fourth-order valence-electron chi connectivity index (χ4n) is 1.70. The van der Waals surface area contributed by atoms with Gasteiger partial charge in [0.05, 0.1) is 0 Å². The molecule has 8 heteroatoms.